The van der Waals surface area contributed by atoms with Crippen LogP contribution in [0.2, 0.25) is 0 Å². The Morgan fingerprint density at radius 2 is 0.526 bits per heavy atom. The van der Waals surface area contributed by atoms with Gasteiger partial charge in [0.2, 0.25) is 13.4 Å². The number of hydrogen-bond donors (Lipinski definition) is 0. The maximum absolute atomic E-state index is 2.79. The minimum atomic E-state index is -0.313. The molecule has 7 aromatic rings. The van der Waals surface area contributed by atoms with E-state index >= 15 is 0 Å². The Kier molecular flexibility index (Phi) is 11.8. The molecule has 0 atom stereocenters. The fourth-order valence-corrected chi connectivity index (χ4v) is 13.8. The first-order chi connectivity index (χ1) is 35.8. The van der Waals surface area contributed by atoms with Crippen molar-refractivity contribution in [3.63, 3.8) is 0 Å². The molecule has 4 aliphatic heterocycles. The van der Waals surface area contributed by atoms with Crippen molar-refractivity contribution in [2.45, 2.75) is 209 Å². The van der Waals surface area contributed by atoms with Gasteiger partial charge in [-0.3, -0.25) is 0 Å². The summed E-state index contributed by atoms with van der Waals surface area (Å²) in [4.78, 5) is 5.58. The summed E-state index contributed by atoms with van der Waals surface area (Å²) < 4.78 is 0. The van der Waals surface area contributed by atoms with Gasteiger partial charge in [0.25, 0.3) is 0 Å². The molecule has 0 amide bonds. The SMILES string of the molecule is CC(C)(C)c1ccc(N2c3cc(C(C)(C)C)cc4c3B(c3ccc(C(C)(C)C)cc3-4)c3c2c(C(C)(C)C)c2c(c3C(C)(C)C)N(c3ccc(C(C)(C)C)cc3)c3cc(C(C)(C)C)cc4c3B2c2ccc(C(C)(C)C)cc2-4)cc1. The first kappa shape index (κ1) is 54.2. The van der Waals surface area contributed by atoms with E-state index in [1.54, 1.807) is 0 Å². The largest absolute Gasteiger partial charge is 0.311 e. The lowest BCUT2D eigenvalue weighted by Crippen LogP contribution is -2.63. The molecular weight excluding hydrogens is 938 g/mol. The Balaban J connectivity index is 1.41. The highest BCUT2D eigenvalue weighted by molar-refractivity contribution is 7.04. The van der Waals surface area contributed by atoms with E-state index in [9.17, 15) is 0 Å². The van der Waals surface area contributed by atoms with E-state index in [2.05, 4.69) is 285 Å². The Bertz CT molecular complexity index is 3380. The van der Waals surface area contributed by atoms with Crippen LogP contribution in [0.15, 0.2) is 109 Å². The van der Waals surface area contributed by atoms with Crippen LogP contribution >= 0.6 is 0 Å². The van der Waals surface area contributed by atoms with Crippen LogP contribution in [0.25, 0.3) is 22.3 Å². The first-order valence-corrected chi connectivity index (χ1v) is 29.5. The summed E-state index contributed by atoms with van der Waals surface area (Å²) in [6.07, 6.45) is 0. The molecule has 4 aliphatic rings. The van der Waals surface area contributed by atoms with E-state index in [0.717, 1.165) is 0 Å². The maximum Gasteiger partial charge on any atom is 0.248 e. The fourth-order valence-electron chi connectivity index (χ4n) is 13.8. The van der Waals surface area contributed by atoms with E-state index in [4.69, 9.17) is 0 Å². The second kappa shape index (κ2) is 16.9. The number of anilines is 6. The van der Waals surface area contributed by atoms with E-state index in [0.29, 0.717) is 0 Å². The Morgan fingerprint density at radius 1 is 0.256 bits per heavy atom. The molecule has 0 N–H and O–H groups in total. The lowest BCUT2D eigenvalue weighted by atomic mass is 9.31. The zero-order valence-electron chi connectivity index (χ0n) is 52.4. The summed E-state index contributed by atoms with van der Waals surface area (Å²) in [5.41, 5.74) is 32.3. The minimum Gasteiger partial charge on any atom is -0.311 e. The van der Waals surface area contributed by atoms with Gasteiger partial charge in [-0.2, -0.15) is 0 Å². The van der Waals surface area contributed by atoms with Gasteiger partial charge in [0, 0.05) is 34.1 Å². The lowest BCUT2D eigenvalue weighted by molar-refractivity contribution is 0.583. The molecule has 0 unspecified atom stereocenters. The van der Waals surface area contributed by atoms with Gasteiger partial charge in [-0.05, 0) is 168 Å². The van der Waals surface area contributed by atoms with Crippen LogP contribution in [0.3, 0.4) is 0 Å². The predicted octanol–water partition coefficient (Wildman–Crippen LogP) is 16.6. The molecule has 0 aromatic heterocycles. The summed E-state index contributed by atoms with van der Waals surface area (Å²) in [6, 6.07) is 45.0. The Morgan fingerprint density at radius 3 is 0.795 bits per heavy atom. The summed E-state index contributed by atoms with van der Waals surface area (Å²) in [7, 11) is 0. The van der Waals surface area contributed by atoms with Gasteiger partial charge in [-0.25, -0.2) is 0 Å². The number of hydrogen-bond acceptors (Lipinski definition) is 2. The highest BCUT2D eigenvalue weighted by Gasteiger charge is 2.54. The van der Waals surface area contributed by atoms with Crippen LogP contribution in [0.1, 0.15) is 211 Å². The smallest absolute Gasteiger partial charge is 0.248 e. The second-order valence-corrected chi connectivity index (χ2v) is 32.4. The van der Waals surface area contributed by atoms with Crippen molar-refractivity contribution in [1.29, 1.82) is 0 Å². The number of benzene rings is 7. The summed E-state index contributed by atoms with van der Waals surface area (Å²) in [6.45, 7) is 57.8. The van der Waals surface area contributed by atoms with Crippen LogP contribution in [0.5, 0.6) is 0 Å². The topological polar surface area (TPSA) is 6.48 Å². The van der Waals surface area contributed by atoms with Gasteiger partial charge in [0.15, 0.2) is 0 Å². The molecule has 0 bridgehead atoms. The highest BCUT2D eigenvalue weighted by atomic mass is 15.2. The second-order valence-electron chi connectivity index (χ2n) is 32.4. The van der Waals surface area contributed by atoms with Crippen molar-refractivity contribution < 1.29 is 0 Å². The summed E-state index contributed by atoms with van der Waals surface area (Å²) in [5.74, 6) is 0. The van der Waals surface area contributed by atoms with Crippen molar-refractivity contribution in [1.82, 2.24) is 0 Å². The Labute approximate surface area is 473 Å². The van der Waals surface area contributed by atoms with Gasteiger partial charge in [-0.15, -0.1) is 0 Å². The molecule has 0 saturated carbocycles. The molecule has 0 spiro atoms. The normalized spacial score (nSPS) is 15.1. The average Bonchev–Trinajstić information content (AvgIpc) is 2.67. The quantitative estimate of drug-likeness (QED) is 0.159. The zero-order valence-corrected chi connectivity index (χ0v) is 52.4. The third-order valence-electron chi connectivity index (χ3n) is 18.2. The van der Waals surface area contributed by atoms with Crippen molar-refractivity contribution in [3.8, 4) is 22.3 Å². The number of fused-ring (bicyclic) bond motifs is 10. The molecule has 0 aliphatic carbocycles. The van der Waals surface area contributed by atoms with Crippen LogP contribution in [0.4, 0.5) is 34.1 Å². The van der Waals surface area contributed by atoms with Gasteiger partial charge in [0.1, 0.15) is 0 Å². The van der Waals surface area contributed by atoms with Crippen molar-refractivity contribution in [2.24, 2.45) is 0 Å². The first-order valence-electron chi connectivity index (χ1n) is 29.5. The maximum atomic E-state index is 2.79. The molecule has 78 heavy (non-hydrogen) atoms. The monoisotopic (exact) mass is 1030 g/mol. The van der Waals surface area contributed by atoms with Gasteiger partial charge in [0.05, 0.1) is 0 Å². The third-order valence-corrected chi connectivity index (χ3v) is 18.2. The third kappa shape index (κ3) is 8.41. The van der Waals surface area contributed by atoms with Crippen molar-refractivity contribution in [3.05, 3.63) is 154 Å². The fraction of sp³-hybridized carbons (Fsp3) is 0.432. The predicted molar refractivity (Wildman–Crippen MR) is 346 cm³/mol. The lowest BCUT2D eigenvalue weighted by Gasteiger charge is -2.49. The summed E-state index contributed by atoms with van der Waals surface area (Å²) in [5, 5.41) is 0. The molecule has 402 valence electrons. The summed E-state index contributed by atoms with van der Waals surface area (Å²) >= 11 is 0. The van der Waals surface area contributed by atoms with Gasteiger partial charge >= 0.3 is 0 Å². The van der Waals surface area contributed by atoms with Crippen molar-refractivity contribution >= 4 is 80.3 Å². The zero-order chi connectivity index (χ0) is 56.9. The van der Waals surface area contributed by atoms with Crippen LogP contribution < -0.4 is 42.6 Å². The molecule has 0 saturated heterocycles. The minimum absolute atomic E-state index is 0.00181. The number of nitrogens with zero attached hydrogens (tertiary/aromatic N) is 2. The molecule has 4 heterocycles. The van der Waals surface area contributed by atoms with Crippen LogP contribution in [0, 0.1) is 0 Å². The molecular formula is C74H90B2N2. The van der Waals surface area contributed by atoms with Gasteiger partial charge in [-0.1, -0.05) is 250 Å². The van der Waals surface area contributed by atoms with Gasteiger partial charge < -0.3 is 9.80 Å². The molecule has 4 heteroatoms. The molecule has 2 nitrogen and oxygen atoms in total. The van der Waals surface area contributed by atoms with E-state index in [1.165, 1.54) is 134 Å². The van der Waals surface area contributed by atoms with Crippen LogP contribution in [-0.4, -0.2) is 13.4 Å². The van der Waals surface area contributed by atoms with E-state index in [1.807, 2.05) is 0 Å². The molecule has 0 radical (unpaired) electrons. The van der Waals surface area contributed by atoms with E-state index in [-0.39, 0.29) is 56.7 Å². The standard InChI is InChI=1S/C74H90B2N2/c1-67(2,3)43-25-31-49(32-26-43)77-57-41-47(71(13,14)15)39-53-51-37-45(69(7,8)9)29-35-55(51)75(61(53)57)63-60(74(22,23)24)66-64(59(65(63)77)73(19,20)21)76-56-36-30-46(70(10,11)12)38-52(56)54-40-48(72(16,17)18)42-58(62(54)76)78(66)50-33-27-44(28-34-50)68(4,5)6/h25-42H,1-24H3. The average molecular weight is 1030 g/mol. The molecule has 11 rings (SSSR count). The van der Waals surface area contributed by atoms with Crippen molar-refractivity contribution in [2.75, 3.05) is 9.80 Å². The van der Waals surface area contributed by atoms with E-state index < -0.39 is 0 Å². The Hall–Kier alpha value is -5.73. The molecule has 7 aromatic carbocycles. The van der Waals surface area contributed by atoms with Crippen LogP contribution in [-0.2, 0) is 43.3 Å². The molecule has 0 fully saturated rings. The highest BCUT2D eigenvalue weighted by Crippen LogP contribution is 2.54. The number of rotatable bonds is 2.